The first kappa shape index (κ1) is 20.1. The van der Waals surface area contributed by atoms with Crippen LogP contribution in [0.4, 0.5) is 0 Å². The second-order valence-corrected chi connectivity index (χ2v) is 6.18. The van der Waals surface area contributed by atoms with E-state index in [1.807, 2.05) is 30.3 Å². The number of rotatable bonds is 8. The number of carbonyl (C=O) groups excluding carboxylic acids is 2. The molecule has 0 radical (unpaired) electrons. The van der Waals surface area contributed by atoms with Crippen LogP contribution in [-0.4, -0.2) is 31.0 Å². The number of nitriles is 1. The maximum atomic E-state index is 12.6. The SMILES string of the molecule is CN[C@H](C)C(=O)N[C@H](Cc1ccc(C#N)cc1)C(=O)OCc1ccccc1. The minimum absolute atomic E-state index is 0.140. The summed E-state index contributed by atoms with van der Waals surface area (Å²) in [5, 5.41) is 14.5. The van der Waals surface area contributed by atoms with Crippen molar-refractivity contribution >= 4 is 11.9 Å². The first-order valence-corrected chi connectivity index (χ1v) is 8.70. The molecule has 6 heteroatoms. The number of likely N-dealkylation sites (N-methyl/N-ethyl adjacent to an activating group) is 1. The highest BCUT2D eigenvalue weighted by Gasteiger charge is 2.24. The fourth-order valence-corrected chi connectivity index (χ4v) is 2.40. The topological polar surface area (TPSA) is 91.2 Å². The second kappa shape index (κ2) is 10.1. The molecule has 2 aromatic rings. The highest BCUT2D eigenvalue weighted by Crippen LogP contribution is 2.09. The molecule has 0 saturated heterocycles. The van der Waals surface area contributed by atoms with E-state index in [0.29, 0.717) is 5.56 Å². The third-order valence-corrected chi connectivity index (χ3v) is 4.17. The monoisotopic (exact) mass is 365 g/mol. The summed E-state index contributed by atoms with van der Waals surface area (Å²) in [6, 6.07) is 17.1. The molecule has 27 heavy (non-hydrogen) atoms. The predicted molar refractivity (Wildman–Crippen MR) is 102 cm³/mol. The Kier molecular flexibility index (Phi) is 7.53. The van der Waals surface area contributed by atoms with Crippen LogP contribution in [0.3, 0.4) is 0 Å². The van der Waals surface area contributed by atoms with E-state index < -0.39 is 18.1 Å². The third kappa shape index (κ3) is 6.24. The van der Waals surface area contributed by atoms with Crippen molar-refractivity contribution in [3.63, 3.8) is 0 Å². The number of carbonyl (C=O) groups is 2. The highest BCUT2D eigenvalue weighted by molar-refractivity contribution is 5.87. The van der Waals surface area contributed by atoms with Gasteiger partial charge in [-0.25, -0.2) is 4.79 Å². The van der Waals surface area contributed by atoms with Gasteiger partial charge in [0.25, 0.3) is 0 Å². The molecule has 2 N–H and O–H groups in total. The van der Waals surface area contributed by atoms with Gasteiger partial charge >= 0.3 is 5.97 Å². The quantitative estimate of drug-likeness (QED) is 0.698. The zero-order chi connectivity index (χ0) is 19.6. The lowest BCUT2D eigenvalue weighted by Gasteiger charge is -2.20. The Morgan fingerprint density at radius 2 is 1.74 bits per heavy atom. The van der Waals surface area contributed by atoms with Crippen molar-refractivity contribution in [3.8, 4) is 6.07 Å². The van der Waals surface area contributed by atoms with Gasteiger partial charge in [-0.2, -0.15) is 5.26 Å². The summed E-state index contributed by atoms with van der Waals surface area (Å²) in [4.78, 5) is 24.8. The van der Waals surface area contributed by atoms with Crippen LogP contribution in [0.25, 0.3) is 0 Å². The normalized spacial score (nSPS) is 12.5. The molecule has 0 aliphatic heterocycles. The van der Waals surface area contributed by atoms with Crippen LogP contribution in [0.5, 0.6) is 0 Å². The molecule has 2 aromatic carbocycles. The molecule has 0 fully saturated rings. The summed E-state index contributed by atoms with van der Waals surface area (Å²) < 4.78 is 5.40. The molecule has 1 amide bonds. The van der Waals surface area contributed by atoms with E-state index in [9.17, 15) is 9.59 Å². The van der Waals surface area contributed by atoms with Crippen LogP contribution in [-0.2, 0) is 27.4 Å². The average Bonchev–Trinajstić information content (AvgIpc) is 2.72. The van der Waals surface area contributed by atoms with Gasteiger partial charge in [0.15, 0.2) is 0 Å². The number of hydrogen-bond donors (Lipinski definition) is 2. The van der Waals surface area contributed by atoms with Crippen molar-refractivity contribution in [1.29, 1.82) is 5.26 Å². The number of ether oxygens (including phenoxy) is 1. The van der Waals surface area contributed by atoms with Gasteiger partial charge in [0.05, 0.1) is 17.7 Å². The van der Waals surface area contributed by atoms with Crippen molar-refractivity contribution < 1.29 is 14.3 Å². The van der Waals surface area contributed by atoms with Crippen LogP contribution >= 0.6 is 0 Å². The van der Waals surface area contributed by atoms with Gasteiger partial charge in [-0.15, -0.1) is 0 Å². The minimum atomic E-state index is -0.815. The smallest absolute Gasteiger partial charge is 0.329 e. The summed E-state index contributed by atoms with van der Waals surface area (Å²) >= 11 is 0. The van der Waals surface area contributed by atoms with E-state index in [2.05, 4.69) is 16.7 Å². The van der Waals surface area contributed by atoms with Crippen LogP contribution < -0.4 is 10.6 Å². The lowest BCUT2D eigenvalue weighted by atomic mass is 10.0. The maximum Gasteiger partial charge on any atom is 0.329 e. The molecule has 0 heterocycles. The van der Waals surface area contributed by atoms with E-state index >= 15 is 0 Å². The second-order valence-electron chi connectivity index (χ2n) is 6.18. The van der Waals surface area contributed by atoms with Gasteiger partial charge in [0, 0.05) is 6.42 Å². The Labute approximate surface area is 159 Å². The maximum absolute atomic E-state index is 12.6. The summed E-state index contributed by atoms with van der Waals surface area (Å²) in [5.74, 6) is -0.785. The van der Waals surface area contributed by atoms with Crippen molar-refractivity contribution in [2.75, 3.05) is 7.05 Å². The Bertz CT molecular complexity index is 798. The molecule has 0 aromatic heterocycles. The van der Waals surface area contributed by atoms with Gasteiger partial charge in [0.2, 0.25) is 5.91 Å². The molecule has 140 valence electrons. The molecule has 0 aliphatic carbocycles. The minimum Gasteiger partial charge on any atom is -0.459 e. The number of hydrogen-bond acceptors (Lipinski definition) is 5. The summed E-state index contributed by atoms with van der Waals surface area (Å²) in [6.07, 6.45) is 0.279. The van der Waals surface area contributed by atoms with Crippen molar-refractivity contribution in [2.24, 2.45) is 0 Å². The highest BCUT2D eigenvalue weighted by atomic mass is 16.5. The zero-order valence-corrected chi connectivity index (χ0v) is 15.4. The first-order chi connectivity index (χ1) is 13.0. The van der Waals surface area contributed by atoms with Crippen LogP contribution in [0.1, 0.15) is 23.6 Å². The Balaban J connectivity index is 2.08. The van der Waals surface area contributed by atoms with Gasteiger partial charge in [-0.3, -0.25) is 4.79 Å². The molecule has 2 rings (SSSR count). The Morgan fingerprint density at radius 3 is 2.33 bits per heavy atom. The molecule has 2 atom stereocenters. The molecule has 0 unspecified atom stereocenters. The van der Waals surface area contributed by atoms with E-state index in [-0.39, 0.29) is 18.9 Å². The Hall–Kier alpha value is -3.17. The molecule has 0 aliphatic rings. The molecule has 6 nitrogen and oxygen atoms in total. The zero-order valence-electron chi connectivity index (χ0n) is 15.4. The van der Waals surface area contributed by atoms with Gasteiger partial charge in [0.1, 0.15) is 12.6 Å². The molecule has 0 saturated carbocycles. The lowest BCUT2D eigenvalue weighted by Crippen LogP contribution is -2.49. The molecule has 0 spiro atoms. The van der Waals surface area contributed by atoms with Gasteiger partial charge in [-0.05, 0) is 37.2 Å². The number of nitrogens with zero attached hydrogens (tertiary/aromatic N) is 1. The van der Waals surface area contributed by atoms with E-state index in [4.69, 9.17) is 10.00 Å². The molecular weight excluding hydrogens is 342 g/mol. The standard InChI is InChI=1S/C21H23N3O3/c1-15(23-2)20(25)24-19(12-16-8-10-17(13-22)11-9-16)21(26)27-14-18-6-4-3-5-7-18/h3-11,15,19,23H,12,14H2,1-2H3,(H,24,25)/t15-,19-/m1/s1. The number of amides is 1. The molecular formula is C21H23N3O3. The average molecular weight is 365 g/mol. The third-order valence-electron chi connectivity index (χ3n) is 4.17. The fourth-order valence-electron chi connectivity index (χ4n) is 2.40. The van der Waals surface area contributed by atoms with Gasteiger partial charge < -0.3 is 15.4 Å². The number of esters is 1. The van der Waals surface area contributed by atoms with Crippen LogP contribution in [0.15, 0.2) is 54.6 Å². The lowest BCUT2D eigenvalue weighted by molar-refractivity contribution is -0.149. The summed E-state index contributed by atoms with van der Waals surface area (Å²) in [7, 11) is 1.67. The van der Waals surface area contributed by atoms with Crippen LogP contribution in [0, 0.1) is 11.3 Å². The van der Waals surface area contributed by atoms with E-state index in [1.165, 1.54) is 0 Å². The summed E-state index contributed by atoms with van der Waals surface area (Å²) in [6.45, 7) is 1.85. The predicted octanol–water partition coefficient (Wildman–Crippen LogP) is 1.94. The summed E-state index contributed by atoms with van der Waals surface area (Å²) in [5.41, 5.74) is 2.24. The largest absolute Gasteiger partial charge is 0.459 e. The fraction of sp³-hybridized carbons (Fsp3) is 0.286. The van der Waals surface area contributed by atoms with Crippen molar-refractivity contribution in [1.82, 2.24) is 10.6 Å². The Morgan fingerprint density at radius 1 is 1.07 bits per heavy atom. The van der Waals surface area contributed by atoms with Crippen LogP contribution in [0.2, 0.25) is 0 Å². The number of benzene rings is 2. The number of nitrogens with one attached hydrogen (secondary N) is 2. The molecule has 0 bridgehead atoms. The van der Waals surface area contributed by atoms with E-state index in [1.54, 1.807) is 38.2 Å². The van der Waals surface area contributed by atoms with Crippen molar-refractivity contribution in [3.05, 3.63) is 71.3 Å². The first-order valence-electron chi connectivity index (χ1n) is 8.70. The van der Waals surface area contributed by atoms with E-state index in [0.717, 1.165) is 11.1 Å². The van der Waals surface area contributed by atoms with Gasteiger partial charge in [-0.1, -0.05) is 42.5 Å². The van der Waals surface area contributed by atoms with Crippen molar-refractivity contribution in [2.45, 2.75) is 32.0 Å².